The number of hydrogen-bond donors (Lipinski definition) is 0. The molecule has 1 fully saturated rings. The van der Waals surface area contributed by atoms with Gasteiger partial charge in [-0.2, -0.15) is 16.7 Å². The van der Waals surface area contributed by atoms with E-state index in [2.05, 4.69) is 10.1 Å². The summed E-state index contributed by atoms with van der Waals surface area (Å²) >= 11 is 1.87. The van der Waals surface area contributed by atoms with Crippen molar-refractivity contribution in [2.75, 3.05) is 5.75 Å². The summed E-state index contributed by atoms with van der Waals surface area (Å²) in [6, 6.07) is 0. The van der Waals surface area contributed by atoms with Crippen LogP contribution >= 0.6 is 11.8 Å². The zero-order valence-corrected chi connectivity index (χ0v) is 10.4. The topological polar surface area (TPSA) is 56.0 Å². The molecule has 0 saturated carbocycles. The summed E-state index contributed by atoms with van der Waals surface area (Å²) in [5, 5.41) is 4.35. The van der Waals surface area contributed by atoms with Gasteiger partial charge in [0.25, 0.3) is 0 Å². The third kappa shape index (κ3) is 2.29. The molecule has 1 aliphatic rings. The summed E-state index contributed by atoms with van der Waals surface area (Å²) in [7, 11) is 0. The van der Waals surface area contributed by atoms with Crippen molar-refractivity contribution in [1.29, 1.82) is 0 Å². The van der Waals surface area contributed by atoms with Crippen LogP contribution in [0.15, 0.2) is 4.52 Å². The normalized spacial score (nSPS) is 22.2. The Morgan fingerprint density at radius 3 is 3.06 bits per heavy atom. The lowest BCUT2D eigenvalue weighted by Crippen LogP contribution is -2.08. The summed E-state index contributed by atoms with van der Waals surface area (Å²) in [6.07, 6.45) is 3.04. The molecule has 0 bridgehead atoms. The van der Waals surface area contributed by atoms with E-state index in [-0.39, 0.29) is 11.7 Å². The molecule has 4 nitrogen and oxygen atoms in total. The van der Waals surface area contributed by atoms with Crippen molar-refractivity contribution in [3.63, 3.8) is 0 Å². The van der Waals surface area contributed by atoms with E-state index in [1.54, 1.807) is 6.92 Å². The molecular weight excluding hydrogens is 224 g/mol. The lowest BCUT2D eigenvalue weighted by atomic mass is 10.0. The molecule has 5 heteroatoms. The third-order valence-electron chi connectivity index (χ3n) is 2.87. The van der Waals surface area contributed by atoms with E-state index < -0.39 is 0 Å². The van der Waals surface area contributed by atoms with Crippen LogP contribution in [0.3, 0.4) is 0 Å². The maximum Gasteiger partial charge on any atom is 0.237 e. The lowest BCUT2D eigenvalue weighted by molar-refractivity contribution is -0.119. The Kier molecular flexibility index (Phi) is 3.63. The number of carbonyl (C=O) groups is 1. The van der Waals surface area contributed by atoms with Crippen LogP contribution in [0.25, 0.3) is 0 Å². The molecule has 88 valence electrons. The largest absolute Gasteiger partial charge is 0.339 e. The van der Waals surface area contributed by atoms with Crippen LogP contribution in [0.1, 0.15) is 56.0 Å². The second kappa shape index (κ2) is 4.99. The highest BCUT2D eigenvalue weighted by Gasteiger charge is 2.26. The van der Waals surface area contributed by atoms with E-state index in [1.807, 2.05) is 18.7 Å². The summed E-state index contributed by atoms with van der Waals surface area (Å²) in [5.41, 5.74) is 0. The van der Waals surface area contributed by atoms with Gasteiger partial charge >= 0.3 is 0 Å². The van der Waals surface area contributed by atoms with Crippen molar-refractivity contribution in [1.82, 2.24) is 10.1 Å². The van der Waals surface area contributed by atoms with Gasteiger partial charge in [-0.05, 0) is 31.9 Å². The first-order chi connectivity index (χ1) is 7.72. The number of nitrogens with zero attached hydrogens (tertiary/aromatic N) is 2. The Labute approximate surface area is 99.2 Å². The molecule has 0 radical (unpaired) electrons. The summed E-state index contributed by atoms with van der Waals surface area (Å²) in [4.78, 5) is 15.7. The molecule has 0 N–H and O–H groups in total. The predicted octanol–water partition coefficient (Wildman–Crippen LogP) is 2.72. The summed E-state index contributed by atoms with van der Waals surface area (Å²) in [5.74, 6) is 2.28. The average Bonchev–Trinajstić information content (AvgIpc) is 2.86. The fourth-order valence-electron chi connectivity index (χ4n) is 1.94. The van der Waals surface area contributed by atoms with Gasteiger partial charge in [0.15, 0.2) is 5.82 Å². The zero-order chi connectivity index (χ0) is 11.5. The minimum Gasteiger partial charge on any atom is -0.339 e. The Bertz CT molecular complexity index is 372. The molecule has 1 aromatic rings. The number of rotatable bonds is 4. The van der Waals surface area contributed by atoms with E-state index in [0.717, 1.165) is 18.7 Å². The second-order valence-electron chi connectivity index (χ2n) is 4.06. The minimum atomic E-state index is -0.229. The maximum absolute atomic E-state index is 11.4. The van der Waals surface area contributed by atoms with Crippen molar-refractivity contribution >= 4 is 17.5 Å². The van der Waals surface area contributed by atoms with Gasteiger partial charge in [-0.1, -0.05) is 12.1 Å². The quantitative estimate of drug-likeness (QED) is 0.810. The SMILES string of the molecule is CCC(C(C)=O)c1nc(C2CCCS2)no1. The van der Waals surface area contributed by atoms with E-state index in [0.29, 0.717) is 11.1 Å². The molecule has 1 aliphatic heterocycles. The molecule has 0 amide bonds. The Morgan fingerprint density at radius 2 is 2.50 bits per heavy atom. The highest BCUT2D eigenvalue weighted by atomic mass is 32.2. The zero-order valence-electron chi connectivity index (χ0n) is 9.60. The highest BCUT2D eigenvalue weighted by Crippen LogP contribution is 2.38. The number of ketones is 1. The molecule has 0 aromatic carbocycles. The molecular formula is C11H16N2O2S. The fourth-order valence-corrected chi connectivity index (χ4v) is 3.13. The van der Waals surface area contributed by atoms with Gasteiger partial charge in [-0.25, -0.2) is 0 Å². The van der Waals surface area contributed by atoms with Crippen molar-refractivity contribution < 1.29 is 9.32 Å². The summed E-state index contributed by atoms with van der Waals surface area (Å²) < 4.78 is 5.20. The number of carbonyl (C=O) groups excluding carboxylic acids is 1. The van der Waals surface area contributed by atoms with E-state index in [9.17, 15) is 4.79 Å². The molecule has 2 rings (SSSR count). The molecule has 0 aliphatic carbocycles. The summed E-state index contributed by atoms with van der Waals surface area (Å²) in [6.45, 7) is 3.53. The van der Waals surface area contributed by atoms with Crippen LogP contribution in [0.2, 0.25) is 0 Å². The first-order valence-electron chi connectivity index (χ1n) is 5.68. The second-order valence-corrected chi connectivity index (χ2v) is 5.37. The smallest absolute Gasteiger partial charge is 0.237 e. The van der Waals surface area contributed by atoms with Gasteiger partial charge in [0, 0.05) is 0 Å². The molecule has 2 heterocycles. The Morgan fingerprint density at radius 1 is 1.69 bits per heavy atom. The minimum absolute atomic E-state index is 0.0942. The lowest BCUT2D eigenvalue weighted by Gasteiger charge is -2.04. The standard InChI is InChI=1S/C11H16N2O2S/c1-3-8(7(2)14)11-12-10(13-15-11)9-5-4-6-16-9/h8-9H,3-6H2,1-2H3. The number of Topliss-reactive ketones (excluding diaryl/α,β-unsaturated/α-hetero) is 1. The molecule has 0 spiro atoms. The van der Waals surface area contributed by atoms with Gasteiger partial charge in [0.05, 0.1) is 11.2 Å². The Hall–Kier alpha value is -0.840. The highest BCUT2D eigenvalue weighted by molar-refractivity contribution is 7.99. The molecule has 16 heavy (non-hydrogen) atoms. The molecule has 1 saturated heterocycles. The predicted molar refractivity (Wildman–Crippen MR) is 62.4 cm³/mol. The average molecular weight is 240 g/mol. The van der Waals surface area contributed by atoms with Gasteiger partial charge in [-0.3, -0.25) is 4.79 Å². The van der Waals surface area contributed by atoms with Crippen LogP contribution < -0.4 is 0 Å². The van der Waals surface area contributed by atoms with E-state index >= 15 is 0 Å². The number of thioether (sulfide) groups is 1. The van der Waals surface area contributed by atoms with Crippen LogP contribution in [0.5, 0.6) is 0 Å². The molecule has 2 atom stereocenters. The van der Waals surface area contributed by atoms with E-state index in [4.69, 9.17) is 4.52 Å². The molecule has 1 aromatic heterocycles. The van der Waals surface area contributed by atoms with E-state index in [1.165, 1.54) is 12.2 Å². The van der Waals surface area contributed by atoms with Crippen LogP contribution in [0, 0.1) is 0 Å². The van der Waals surface area contributed by atoms with Crippen molar-refractivity contribution in [3.8, 4) is 0 Å². The van der Waals surface area contributed by atoms with Gasteiger partial charge in [0.2, 0.25) is 5.89 Å². The third-order valence-corrected chi connectivity index (χ3v) is 4.25. The van der Waals surface area contributed by atoms with Crippen molar-refractivity contribution in [2.24, 2.45) is 0 Å². The van der Waals surface area contributed by atoms with Crippen molar-refractivity contribution in [3.05, 3.63) is 11.7 Å². The van der Waals surface area contributed by atoms with Crippen molar-refractivity contribution in [2.45, 2.75) is 44.3 Å². The van der Waals surface area contributed by atoms with Gasteiger partial charge in [0.1, 0.15) is 5.78 Å². The van der Waals surface area contributed by atoms with Crippen LogP contribution in [-0.2, 0) is 4.79 Å². The monoisotopic (exact) mass is 240 g/mol. The Balaban J connectivity index is 2.14. The first-order valence-corrected chi connectivity index (χ1v) is 6.72. The van der Waals surface area contributed by atoms with Crippen LogP contribution in [-0.4, -0.2) is 21.7 Å². The first kappa shape index (κ1) is 11.6. The van der Waals surface area contributed by atoms with Crippen LogP contribution in [0.4, 0.5) is 0 Å². The maximum atomic E-state index is 11.4. The number of hydrogen-bond acceptors (Lipinski definition) is 5. The van der Waals surface area contributed by atoms with Gasteiger partial charge < -0.3 is 4.52 Å². The van der Waals surface area contributed by atoms with Gasteiger partial charge in [-0.15, -0.1) is 0 Å². The molecule has 2 unspecified atom stereocenters. The fraction of sp³-hybridized carbons (Fsp3) is 0.727. The number of aromatic nitrogens is 2.